The van der Waals surface area contributed by atoms with Gasteiger partial charge >= 0.3 is 11.9 Å². The molecule has 0 saturated carbocycles. The Labute approximate surface area is 221 Å². The first kappa shape index (κ1) is 27.5. The van der Waals surface area contributed by atoms with Crippen LogP contribution in [0.4, 0.5) is 5.69 Å². The molecule has 9 heteroatoms. The van der Waals surface area contributed by atoms with Gasteiger partial charge in [0, 0.05) is 23.7 Å². The first-order valence-corrected chi connectivity index (χ1v) is 12.2. The Balaban J connectivity index is 1.91. The number of nitrogens with one attached hydrogen (secondary N) is 1. The van der Waals surface area contributed by atoms with E-state index in [0.29, 0.717) is 28.7 Å². The number of ether oxygens (including phenoxy) is 4. The minimum Gasteiger partial charge on any atom is -0.489 e. The first-order valence-electron chi connectivity index (χ1n) is 11.7. The van der Waals surface area contributed by atoms with E-state index in [-0.39, 0.29) is 19.8 Å². The summed E-state index contributed by atoms with van der Waals surface area (Å²) in [6, 6.07) is 21.8. The van der Waals surface area contributed by atoms with Gasteiger partial charge in [-0.15, -0.1) is 0 Å². The maximum absolute atomic E-state index is 11.9. The summed E-state index contributed by atoms with van der Waals surface area (Å²) in [4.78, 5) is 23.9. The molecule has 0 heterocycles. The lowest BCUT2D eigenvalue weighted by Crippen LogP contribution is -2.21. The fraction of sp³-hybridized carbons (Fsp3) is 0.250. The molecule has 1 unspecified atom stereocenters. The van der Waals surface area contributed by atoms with Crippen LogP contribution in [0.25, 0.3) is 0 Å². The smallest absolute Gasteiger partial charge is 0.344 e. The van der Waals surface area contributed by atoms with Crippen LogP contribution in [0.2, 0.25) is 0 Å². The molecule has 0 bridgehead atoms. The third kappa shape index (κ3) is 8.80. The predicted molar refractivity (Wildman–Crippen MR) is 145 cm³/mol. The highest BCUT2D eigenvalue weighted by Crippen LogP contribution is 2.33. The number of hydrogen-bond donors (Lipinski definition) is 2. The van der Waals surface area contributed by atoms with Gasteiger partial charge in [0.2, 0.25) is 0 Å². The first-order chi connectivity index (χ1) is 17.9. The standard InChI is InChI=1S/C28H30N2O6S/c1-3-33-27(32)18-36-26-14-13-23(35-16-20-7-5-4-6-8-20)15-24(26)25(17-34-19(2)31)30-22-11-9-21(10-12-22)28(29)37/h4-15,25,30H,3,16-18H2,1-2H3,(H2,29,37). The molecule has 0 aliphatic carbocycles. The number of nitrogens with two attached hydrogens (primary N) is 1. The van der Waals surface area contributed by atoms with Gasteiger partial charge in [0.15, 0.2) is 6.61 Å². The molecule has 3 aromatic carbocycles. The van der Waals surface area contributed by atoms with Crippen molar-refractivity contribution in [3.8, 4) is 11.5 Å². The van der Waals surface area contributed by atoms with Gasteiger partial charge in [-0.2, -0.15) is 0 Å². The highest BCUT2D eigenvalue weighted by atomic mass is 32.1. The molecule has 0 saturated heterocycles. The Morgan fingerprint density at radius 2 is 1.70 bits per heavy atom. The van der Waals surface area contributed by atoms with Gasteiger partial charge in [-0.1, -0.05) is 42.5 Å². The molecule has 0 aromatic heterocycles. The zero-order chi connectivity index (χ0) is 26.6. The number of hydrogen-bond acceptors (Lipinski definition) is 8. The summed E-state index contributed by atoms with van der Waals surface area (Å²) in [6.07, 6.45) is 0. The largest absolute Gasteiger partial charge is 0.489 e. The molecule has 3 aromatic rings. The van der Waals surface area contributed by atoms with Crippen molar-refractivity contribution in [1.29, 1.82) is 0 Å². The average Bonchev–Trinajstić information content (AvgIpc) is 2.90. The van der Waals surface area contributed by atoms with E-state index < -0.39 is 18.0 Å². The molecule has 3 N–H and O–H groups in total. The van der Waals surface area contributed by atoms with E-state index >= 15 is 0 Å². The van der Waals surface area contributed by atoms with Gasteiger partial charge in [-0.05, 0) is 55.0 Å². The monoisotopic (exact) mass is 522 g/mol. The molecule has 0 radical (unpaired) electrons. The molecule has 37 heavy (non-hydrogen) atoms. The van der Waals surface area contributed by atoms with Crippen molar-refractivity contribution < 1.29 is 28.5 Å². The second-order valence-electron chi connectivity index (χ2n) is 8.01. The number of anilines is 1. The SMILES string of the molecule is CCOC(=O)COc1ccc(OCc2ccccc2)cc1C(COC(C)=O)Nc1ccc(C(N)=S)cc1. The third-order valence-corrected chi connectivity index (χ3v) is 5.46. The van der Waals surface area contributed by atoms with Gasteiger partial charge in [0.25, 0.3) is 0 Å². The Morgan fingerprint density at radius 3 is 2.35 bits per heavy atom. The summed E-state index contributed by atoms with van der Waals surface area (Å²) in [5.74, 6) is 0.0853. The van der Waals surface area contributed by atoms with Crippen LogP contribution in [-0.2, 0) is 25.7 Å². The Morgan fingerprint density at radius 1 is 0.973 bits per heavy atom. The number of thiocarbonyl (C=S) groups is 1. The van der Waals surface area contributed by atoms with E-state index in [1.807, 2.05) is 42.5 Å². The van der Waals surface area contributed by atoms with E-state index in [1.165, 1.54) is 6.92 Å². The van der Waals surface area contributed by atoms with Gasteiger partial charge in [-0.3, -0.25) is 4.79 Å². The van der Waals surface area contributed by atoms with Crippen LogP contribution in [0.3, 0.4) is 0 Å². The van der Waals surface area contributed by atoms with Gasteiger partial charge in [-0.25, -0.2) is 4.79 Å². The lowest BCUT2D eigenvalue weighted by atomic mass is 10.0. The van der Waals surface area contributed by atoms with Crippen LogP contribution in [0.15, 0.2) is 72.8 Å². The second-order valence-corrected chi connectivity index (χ2v) is 8.45. The van der Waals surface area contributed by atoms with E-state index in [0.717, 1.165) is 16.8 Å². The quantitative estimate of drug-likeness (QED) is 0.247. The zero-order valence-electron chi connectivity index (χ0n) is 20.8. The van der Waals surface area contributed by atoms with E-state index in [2.05, 4.69) is 5.32 Å². The Hall–Kier alpha value is -4.11. The van der Waals surface area contributed by atoms with Crippen molar-refractivity contribution in [2.24, 2.45) is 5.73 Å². The van der Waals surface area contributed by atoms with Crippen molar-refractivity contribution in [2.45, 2.75) is 26.5 Å². The number of carbonyl (C=O) groups excluding carboxylic acids is 2. The van der Waals surface area contributed by atoms with Crippen molar-refractivity contribution >= 4 is 34.8 Å². The Kier molecular flexibility index (Phi) is 10.3. The van der Waals surface area contributed by atoms with Gasteiger partial charge < -0.3 is 30.0 Å². The molecular weight excluding hydrogens is 492 g/mol. The average molecular weight is 523 g/mol. The van der Waals surface area contributed by atoms with Gasteiger partial charge in [0.05, 0.1) is 12.6 Å². The van der Waals surface area contributed by atoms with Crippen LogP contribution in [0, 0.1) is 0 Å². The highest BCUT2D eigenvalue weighted by molar-refractivity contribution is 7.80. The summed E-state index contributed by atoms with van der Waals surface area (Å²) in [6.45, 7) is 3.42. The van der Waals surface area contributed by atoms with Crippen molar-refractivity contribution in [3.63, 3.8) is 0 Å². The van der Waals surface area contributed by atoms with E-state index in [1.54, 1.807) is 37.3 Å². The lowest BCUT2D eigenvalue weighted by molar-refractivity contribution is -0.145. The van der Waals surface area contributed by atoms with E-state index in [9.17, 15) is 9.59 Å². The molecule has 3 rings (SSSR count). The molecule has 194 valence electrons. The lowest BCUT2D eigenvalue weighted by Gasteiger charge is -2.23. The van der Waals surface area contributed by atoms with Crippen LogP contribution in [0.1, 0.15) is 36.6 Å². The molecule has 0 amide bonds. The Bertz CT molecular complexity index is 1200. The number of carbonyl (C=O) groups is 2. The van der Waals surface area contributed by atoms with Crippen LogP contribution >= 0.6 is 12.2 Å². The fourth-order valence-electron chi connectivity index (χ4n) is 3.44. The van der Waals surface area contributed by atoms with Crippen molar-refractivity contribution in [3.05, 3.63) is 89.5 Å². The molecule has 0 fully saturated rings. The van der Waals surface area contributed by atoms with Crippen molar-refractivity contribution in [1.82, 2.24) is 0 Å². The number of benzene rings is 3. The predicted octanol–water partition coefficient (Wildman–Crippen LogP) is 4.56. The topological polar surface area (TPSA) is 109 Å². The summed E-state index contributed by atoms with van der Waals surface area (Å²) in [7, 11) is 0. The molecule has 1 atom stereocenters. The zero-order valence-corrected chi connectivity index (χ0v) is 21.6. The number of rotatable bonds is 13. The number of esters is 2. The van der Waals surface area contributed by atoms with Crippen LogP contribution in [-0.4, -0.2) is 36.7 Å². The van der Waals surface area contributed by atoms with Crippen molar-refractivity contribution in [2.75, 3.05) is 25.1 Å². The van der Waals surface area contributed by atoms with E-state index in [4.69, 9.17) is 36.9 Å². The summed E-state index contributed by atoms with van der Waals surface area (Å²) in [5, 5.41) is 3.36. The molecular formula is C28H30N2O6S. The summed E-state index contributed by atoms with van der Waals surface area (Å²) < 4.78 is 22.1. The van der Waals surface area contributed by atoms with Crippen LogP contribution in [0.5, 0.6) is 11.5 Å². The molecule has 0 aliphatic heterocycles. The summed E-state index contributed by atoms with van der Waals surface area (Å²) >= 11 is 5.03. The van der Waals surface area contributed by atoms with Crippen LogP contribution < -0.4 is 20.5 Å². The minimum atomic E-state index is -0.531. The normalized spacial score (nSPS) is 11.2. The second kappa shape index (κ2) is 13.8. The van der Waals surface area contributed by atoms with Gasteiger partial charge in [0.1, 0.15) is 29.7 Å². The maximum Gasteiger partial charge on any atom is 0.344 e. The summed E-state index contributed by atoms with van der Waals surface area (Å²) in [5.41, 5.74) is 8.82. The molecule has 0 spiro atoms. The highest BCUT2D eigenvalue weighted by Gasteiger charge is 2.21. The minimum absolute atomic E-state index is 0.00426. The molecule has 0 aliphatic rings. The maximum atomic E-state index is 11.9. The molecule has 8 nitrogen and oxygen atoms in total. The fourth-order valence-corrected chi connectivity index (χ4v) is 3.58. The third-order valence-electron chi connectivity index (χ3n) is 5.22.